The molecule has 0 saturated carbocycles. The highest BCUT2D eigenvalue weighted by atomic mass is 35.5. The first-order valence-corrected chi connectivity index (χ1v) is 11.0. The molecule has 0 atom stereocenters. The van der Waals surface area contributed by atoms with Crippen molar-refractivity contribution in [1.29, 1.82) is 0 Å². The molecule has 1 N–H and O–H groups in total. The van der Waals surface area contributed by atoms with Crippen molar-refractivity contribution in [3.63, 3.8) is 0 Å². The topological polar surface area (TPSA) is 66.5 Å². The van der Waals surface area contributed by atoms with E-state index in [1.165, 1.54) is 0 Å². The summed E-state index contributed by atoms with van der Waals surface area (Å²) in [5.41, 5.74) is 2.01. The number of amides is 1. The second-order valence-corrected chi connectivity index (χ2v) is 9.06. The molecule has 1 aliphatic rings. The van der Waals surface area contributed by atoms with Crippen molar-refractivity contribution in [2.24, 2.45) is 0 Å². The maximum absolute atomic E-state index is 12.5. The van der Waals surface area contributed by atoms with E-state index in [0.717, 1.165) is 24.8 Å². The van der Waals surface area contributed by atoms with Gasteiger partial charge in [-0.1, -0.05) is 48.4 Å². The van der Waals surface area contributed by atoms with Crippen LogP contribution in [0.5, 0.6) is 0 Å². The Bertz CT molecular complexity index is 892. The number of rotatable bonds is 6. The normalized spacial score (nSPS) is 15.4. The molecular formula is C20H23ClN2O3S. The van der Waals surface area contributed by atoms with Crippen LogP contribution in [0.15, 0.2) is 48.5 Å². The van der Waals surface area contributed by atoms with Crippen LogP contribution < -0.4 is 5.32 Å². The fraction of sp³-hybridized carbons (Fsp3) is 0.350. The molecular weight excluding hydrogens is 384 g/mol. The van der Waals surface area contributed by atoms with Gasteiger partial charge in [0, 0.05) is 30.2 Å². The largest absolute Gasteiger partial charge is 0.348 e. The van der Waals surface area contributed by atoms with Crippen LogP contribution in [0.25, 0.3) is 0 Å². The number of carbonyl (C=O) groups excluding carboxylic acids is 1. The minimum atomic E-state index is -3.30. The highest BCUT2D eigenvalue weighted by Crippen LogP contribution is 2.18. The van der Waals surface area contributed by atoms with Crippen molar-refractivity contribution in [2.75, 3.05) is 13.1 Å². The molecule has 0 bridgehead atoms. The summed E-state index contributed by atoms with van der Waals surface area (Å²) in [6, 6.07) is 14.1. The van der Waals surface area contributed by atoms with Crippen LogP contribution in [0.4, 0.5) is 0 Å². The molecule has 7 heteroatoms. The first kappa shape index (κ1) is 19.9. The molecule has 0 unspecified atom stereocenters. The molecule has 3 rings (SSSR count). The van der Waals surface area contributed by atoms with Gasteiger partial charge < -0.3 is 5.32 Å². The van der Waals surface area contributed by atoms with Crippen molar-refractivity contribution in [1.82, 2.24) is 9.62 Å². The smallest absolute Gasteiger partial charge is 0.251 e. The minimum absolute atomic E-state index is 0.0332. The Labute approximate surface area is 165 Å². The van der Waals surface area contributed by atoms with E-state index in [-0.39, 0.29) is 11.7 Å². The number of benzene rings is 2. The predicted octanol–water partition coefficient (Wildman–Crippen LogP) is 3.59. The van der Waals surface area contributed by atoms with Crippen LogP contribution in [0.1, 0.15) is 40.7 Å². The molecule has 1 saturated heterocycles. The SMILES string of the molecule is O=C(NCc1ccccc1Cl)c1ccc(CS(=O)(=O)N2CCCCC2)cc1. The molecule has 0 radical (unpaired) electrons. The van der Waals surface area contributed by atoms with Gasteiger partial charge in [0.2, 0.25) is 10.0 Å². The Morgan fingerprint density at radius 3 is 2.33 bits per heavy atom. The minimum Gasteiger partial charge on any atom is -0.348 e. The van der Waals surface area contributed by atoms with Crippen LogP contribution in [-0.2, 0) is 22.3 Å². The molecule has 1 fully saturated rings. The molecule has 5 nitrogen and oxygen atoms in total. The number of sulfonamides is 1. The lowest BCUT2D eigenvalue weighted by Crippen LogP contribution is -2.36. The molecule has 27 heavy (non-hydrogen) atoms. The van der Waals surface area contributed by atoms with Crippen molar-refractivity contribution >= 4 is 27.5 Å². The quantitative estimate of drug-likeness (QED) is 0.797. The van der Waals surface area contributed by atoms with Gasteiger partial charge in [0.15, 0.2) is 0 Å². The van der Waals surface area contributed by atoms with E-state index < -0.39 is 10.0 Å². The lowest BCUT2D eigenvalue weighted by molar-refractivity contribution is 0.0951. The van der Waals surface area contributed by atoms with E-state index in [4.69, 9.17) is 11.6 Å². The molecule has 144 valence electrons. The van der Waals surface area contributed by atoms with Crippen LogP contribution in [-0.4, -0.2) is 31.7 Å². The van der Waals surface area contributed by atoms with Crippen molar-refractivity contribution in [3.8, 4) is 0 Å². The molecule has 1 aliphatic heterocycles. The summed E-state index contributed by atoms with van der Waals surface area (Å²) in [7, 11) is -3.30. The van der Waals surface area contributed by atoms with E-state index in [1.54, 1.807) is 34.6 Å². The fourth-order valence-electron chi connectivity index (χ4n) is 3.12. The maximum Gasteiger partial charge on any atom is 0.251 e. The molecule has 1 amide bonds. The van der Waals surface area contributed by atoms with Crippen LogP contribution >= 0.6 is 11.6 Å². The number of hydrogen-bond donors (Lipinski definition) is 1. The van der Waals surface area contributed by atoms with Crippen molar-refractivity contribution in [3.05, 3.63) is 70.2 Å². The molecule has 2 aromatic rings. The standard InChI is InChI=1S/C20H23ClN2O3S/c21-19-7-3-2-6-18(19)14-22-20(24)17-10-8-16(9-11-17)15-27(25,26)23-12-4-1-5-13-23/h2-3,6-11H,1,4-5,12-15H2,(H,22,24). The Kier molecular flexibility index (Phi) is 6.52. The van der Waals surface area contributed by atoms with E-state index in [2.05, 4.69) is 5.32 Å². The summed E-state index contributed by atoms with van der Waals surface area (Å²) in [6.45, 7) is 1.54. The lowest BCUT2D eigenvalue weighted by atomic mass is 10.1. The Balaban J connectivity index is 1.59. The fourth-order valence-corrected chi connectivity index (χ4v) is 4.93. The van der Waals surface area contributed by atoms with Gasteiger partial charge in [0.05, 0.1) is 5.75 Å². The van der Waals surface area contributed by atoms with E-state index in [0.29, 0.717) is 35.8 Å². The Morgan fingerprint density at radius 2 is 1.67 bits per heavy atom. The van der Waals surface area contributed by atoms with Gasteiger partial charge in [-0.25, -0.2) is 12.7 Å². The van der Waals surface area contributed by atoms with Crippen LogP contribution in [0, 0.1) is 0 Å². The van der Waals surface area contributed by atoms with Gasteiger partial charge >= 0.3 is 0 Å². The van der Waals surface area contributed by atoms with Crippen LogP contribution in [0.2, 0.25) is 5.02 Å². The van der Waals surface area contributed by atoms with E-state index in [9.17, 15) is 13.2 Å². The summed E-state index contributed by atoms with van der Waals surface area (Å²) in [4.78, 5) is 12.3. The highest BCUT2D eigenvalue weighted by Gasteiger charge is 2.24. The first-order valence-electron chi connectivity index (χ1n) is 9.04. The van der Waals surface area contributed by atoms with Crippen molar-refractivity contribution in [2.45, 2.75) is 31.6 Å². The molecule has 0 aromatic heterocycles. The zero-order valence-electron chi connectivity index (χ0n) is 15.0. The molecule has 0 aliphatic carbocycles. The van der Waals surface area contributed by atoms with Gasteiger partial charge in [-0.3, -0.25) is 4.79 Å². The third-order valence-corrected chi connectivity index (χ3v) is 6.89. The Morgan fingerprint density at radius 1 is 1.00 bits per heavy atom. The summed E-state index contributed by atoms with van der Waals surface area (Å²) in [6.07, 6.45) is 2.93. The number of nitrogens with zero attached hydrogens (tertiary/aromatic N) is 1. The zero-order chi connectivity index (χ0) is 19.3. The van der Waals surface area contributed by atoms with Gasteiger partial charge in [0.1, 0.15) is 0 Å². The number of hydrogen-bond acceptors (Lipinski definition) is 3. The molecule has 1 heterocycles. The Hall–Kier alpha value is -1.89. The number of piperidine rings is 1. The third kappa shape index (κ3) is 5.31. The van der Waals surface area contributed by atoms with Crippen molar-refractivity contribution < 1.29 is 13.2 Å². The summed E-state index contributed by atoms with van der Waals surface area (Å²) in [5.74, 6) is -0.255. The van der Waals surface area contributed by atoms with Gasteiger partial charge in [-0.05, 0) is 42.2 Å². The lowest BCUT2D eigenvalue weighted by Gasteiger charge is -2.25. The number of nitrogens with one attached hydrogen (secondary N) is 1. The summed E-state index contributed by atoms with van der Waals surface area (Å²) >= 11 is 6.09. The zero-order valence-corrected chi connectivity index (χ0v) is 16.6. The predicted molar refractivity (Wildman–Crippen MR) is 107 cm³/mol. The average molecular weight is 407 g/mol. The van der Waals surface area contributed by atoms with E-state index in [1.807, 2.05) is 18.2 Å². The second-order valence-electron chi connectivity index (χ2n) is 6.69. The second kappa shape index (κ2) is 8.87. The summed E-state index contributed by atoms with van der Waals surface area (Å²) in [5, 5.41) is 3.43. The average Bonchev–Trinajstić information content (AvgIpc) is 2.68. The van der Waals surface area contributed by atoms with Crippen LogP contribution in [0.3, 0.4) is 0 Å². The van der Waals surface area contributed by atoms with Gasteiger partial charge in [-0.15, -0.1) is 0 Å². The monoisotopic (exact) mass is 406 g/mol. The third-order valence-electron chi connectivity index (χ3n) is 4.67. The number of halogens is 1. The van der Waals surface area contributed by atoms with Gasteiger partial charge in [0.25, 0.3) is 5.91 Å². The molecule has 0 spiro atoms. The highest BCUT2D eigenvalue weighted by molar-refractivity contribution is 7.88. The van der Waals surface area contributed by atoms with Gasteiger partial charge in [-0.2, -0.15) is 0 Å². The van der Waals surface area contributed by atoms with E-state index >= 15 is 0 Å². The first-order chi connectivity index (χ1) is 13.0. The maximum atomic E-state index is 12.5. The summed E-state index contributed by atoms with van der Waals surface area (Å²) < 4.78 is 26.6. The molecule has 2 aromatic carbocycles. The number of carbonyl (C=O) groups is 1.